The minimum absolute atomic E-state index is 0.332. The number of fused-ring (bicyclic) bond motifs is 1. The van der Waals surface area contributed by atoms with Crippen molar-refractivity contribution in [2.75, 3.05) is 0 Å². The molecule has 0 radical (unpaired) electrons. The van der Waals surface area contributed by atoms with E-state index in [9.17, 15) is 18.7 Å². The van der Waals surface area contributed by atoms with Crippen LogP contribution in [0.5, 0.6) is 0 Å². The van der Waals surface area contributed by atoms with Crippen LogP contribution in [0.25, 0.3) is 10.8 Å². The van der Waals surface area contributed by atoms with Gasteiger partial charge in [-0.3, -0.25) is 4.79 Å². The van der Waals surface area contributed by atoms with Gasteiger partial charge in [0.2, 0.25) is 0 Å². The molecule has 0 aliphatic rings. The van der Waals surface area contributed by atoms with E-state index in [0.717, 1.165) is 16.8 Å². The maximum absolute atomic E-state index is 13.6. The van der Waals surface area contributed by atoms with Gasteiger partial charge in [0.05, 0.1) is 23.7 Å². The molecule has 0 bridgehead atoms. The number of nitrogens with zero attached hydrogens (tertiary/aromatic N) is 2. The van der Waals surface area contributed by atoms with E-state index < -0.39 is 28.9 Å². The molecule has 22 heavy (non-hydrogen) atoms. The second kappa shape index (κ2) is 5.65. The first kappa shape index (κ1) is 14.3. The molecule has 2 aromatic carbocycles. The quantitative estimate of drug-likeness (QED) is 0.808. The molecule has 1 heterocycles. The summed E-state index contributed by atoms with van der Waals surface area (Å²) in [5.41, 5.74) is -0.891. The van der Waals surface area contributed by atoms with Gasteiger partial charge in [-0.2, -0.15) is 5.10 Å². The largest absolute Gasteiger partial charge is 0.386 e. The molecule has 4 nitrogen and oxygen atoms in total. The minimum Gasteiger partial charge on any atom is -0.386 e. The Bertz CT molecular complexity index is 872. The SMILES string of the molecule is O=c1c2ccccc2cnn1CC(O)c1c(F)cccc1F. The van der Waals surface area contributed by atoms with Crippen LogP contribution in [-0.4, -0.2) is 14.9 Å². The molecule has 3 aromatic rings. The van der Waals surface area contributed by atoms with Gasteiger partial charge in [-0.25, -0.2) is 13.5 Å². The van der Waals surface area contributed by atoms with E-state index in [1.165, 1.54) is 12.3 Å². The Labute approximate surface area is 124 Å². The van der Waals surface area contributed by atoms with Gasteiger partial charge in [0.15, 0.2) is 0 Å². The number of halogens is 2. The Morgan fingerprint density at radius 1 is 1.09 bits per heavy atom. The van der Waals surface area contributed by atoms with Crippen molar-refractivity contribution in [3.05, 3.63) is 76.2 Å². The predicted molar refractivity (Wildman–Crippen MR) is 77.3 cm³/mol. The fourth-order valence-corrected chi connectivity index (χ4v) is 2.34. The van der Waals surface area contributed by atoms with Crippen LogP contribution in [0, 0.1) is 11.6 Å². The van der Waals surface area contributed by atoms with Crippen LogP contribution in [0.15, 0.2) is 53.5 Å². The normalized spacial score (nSPS) is 12.5. The summed E-state index contributed by atoms with van der Waals surface area (Å²) in [6.07, 6.45) is -0.0335. The Hall–Kier alpha value is -2.60. The zero-order chi connectivity index (χ0) is 15.7. The highest BCUT2D eigenvalue weighted by atomic mass is 19.1. The van der Waals surface area contributed by atoms with Gasteiger partial charge >= 0.3 is 0 Å². The summed E-state index contributed by atoms with van der Waals surface area (Å²) in [7, 11) is 0. The van der Waals surface area contributed by atoms with Gasteiger partial charge in [0.25, 0.3) is 5.56 Å². The van der Waals surface area contributed by atoms with E-state index in [0.29, 0.717) is 10.8 Å². The van der Waals surface area contributed by atoms with Gasteiger partial charge in [-0.1, -0.05) is 24.3 Å². The third kappa shape index (κ3) is 2.48. The van der Waals surface area contributed by atoms with Crippen molar-refractivity contribution in [3.63, 3.8) is 0 Å². The molecular formula is C16H12F2N2O2. The number of hydrogen-bond acceptors (Lipinski definition) is 3. The first-order valence-electron chi connectivity index (χ1n) is 6.65. The standard InChI is InChI=1S/C16H12F2N2O2/c17-12-6-3-7-13(18)15(12)14(21)9-20-16(22)11-5-2-1-4-10(11)8-19-20/h1-8,14,21H,9H2. The summed E-state index contributed by atoms with van der Waals surface area (Å²) >= 11 is 0. The molecule has 3 rings (SSSR count). The van der Waals surface area contributed by atoms with Gasteiger partial charge in [-0.15, -0.1) is 0 Å². The maximum Gasteiger partial charge on any atom is 0.274 e. The first-order chi connectivity index (χ1) is 10.6. The lowest BCUT2D eigenvalue weighted by atomic mass is 10.1. The Kier molecular flexibility index (Phi) is 3.68. The predicted octanol–water partition coefficient (Wildman–Crippen LogP) is 2.41. The highest BCUT2D eigenvalue weighted by Crippen LogP contribution is 2.21. The zero-order valence-corrected chi connectivity index (χ0v) is 11.4. The van der Waals surface area contributed by atoms with E-state index in [4.69, 9.17) is 0 Å². The van der Waals surface area contributed by atoms with Crippen molar-refractivity contribution in [2.45, 2.75) is 12.6 Å². The average molecular weight is 302 g/mol. The molecule has 6 heteroatoms. The van der Waals surface area contributed by atoms with Crippen LogP contribution < -0.4 is 5.56 Å². The van der Waals surface area contributed by atoms with Crippen molar-refractivity contribution >= 4 is 10.8 Å². The first-order valence-corrected chi connectivity index (χ1v) is 6.65. The number of aromatic nitrogens is 2. The molecule has 0 fully saturated rings. The van der Waals surface area contributed by atoms with Gasteiger partial charge in [-0.05, 0) is 18.2 Å². The fourth-order valence-electron chi connectivity index (χ4n) is 2.34. The van der Waals surface area contributed by atoms with E-state index in [-0.39, 0.29) is 6.54 Å². The van der Waals surface area contributed by atoms with Crippen molar-refractivity contribution in [1.82, 2.24) is 9.78 Å². The second-order valence-electron chi connectivity index (χ2n) is 4.87. The maximum atomic E-state index is 13.6. The number of aliphatic hydroxyl groups is 1. The molecule has 1 aromatic heterocycles. The number of aliphatic hydroxyl groups excluding tert-OH is 1. The van der Waals surface area contributed by atoms with Crippen molar-refractivity contribution in [1.29, 1.82) is 0 Å². The Morgan fingerprint density at radius 3 is 2.50 bits per heavy atom. The van der Waals surface area contributed by atoms with Crippen molar-refractivity contribution < 1.29 is 13.9 Å². The lowest BCUT2D eigenvalue weighted by molar-refractivity contribution is 0.140. The number of benzene rings is 2. The minimum atomic E-state index is -1.51. The topological polar surface area (TPSA) is 55.1 Å². The van der Waals surface area contributed by atoms with Gasteiger partial charge in [0.1, 0.15) is 17.7 Å². The van der Waals surface area contributed by atoms with E-state index >= 15 is 0 Å². The molecule has 1 N–H and O–H groups in total. The summed E-state index contributed by atoms with van der Waals surface area (Å²) in [5, 5.41) is 15.1. The molecule has 0 spiro atoms. The molecule has 0 saturated heterocycles. The summed E-state index contributed by atoms with van der Waals surface area (Å²) in [6, 6.07) is 10.2. The molecule has 0 aliphatic carbocycles. The van der Waals surface area contributed by atoms with Crippen LogP contribution in [-0.2, 0) is 6.54 Å². The number of hydrogen-bond donors (Lipinski definition) is 1. The Morgan fingerprint density at radius 2 is 1.77 bits per heavy atom. The third-order valence-corrected chi connectivity index (χ3v) is 3.44. The lowest BCUT2D eigenvalue weighted by Gasteiger charge is -2.14. The van der Waals surface area contributed by atoms with Crippen LogP contribution in [0.4, 0.5) is 8.78 Å². The summed E-state index contributed by atoms with van der Waals surface area (Å²) < 4.78 is 28.3. The van der Waals surface area contributed by atoms with Crippen molar-refractivity contribution in [3.8, 4) is 0 Å². The van der Waals surface area contributed by atoms with Crippen molar-refractivity contribution in [2.24, 2.45) is 0 Å². The molecule has 112 valence electrons. The van der Waals surface area contributed by atoms with E-state index in [2.05, 4.69) is 5.10 Å². The summed E-state index contributed by atoms with van der Waals surface area (Å²) in [6.45, 7) is -0.332. The van der Waals surface area contributed by atoms with Crippen LogP contribution >= 0.6 is 0 Å². The van der Waals surface area contributed by atoms with E-state index in [1.807, 2.05) is 0 Å². The second-order valence-corrected chi connectivity index (χ2v) is 4.87. The molecule has 0 saturated carbocycles. The van der Waals surface area contributed by atoms with Crippen LogP contribution in [0.3, 0.4) is 0 Å². The third-order valence-electron chi connectivity index (χ3n) is 3.44. The number of rotatable bonds is 3. The monoisotopic (exact) mass is 302 g/mol. The summed E-state index contributed by atoms with van der Waals surface area (Å²) in [5.74, 6) is -1.72. The van der Waals surface area contributed by atoms with E-state index in [1.54, 1.807) is 24.3 Å². The van der Waals surface area contributed by atoms with Gasteiger partial charge < -0.3 is 5.11 Å². The fraction of sp³-hybridized carbons (Fsp3) is 0.125. The smallest absolute Gasteiger partial charge is 0.274 e. The molecule has 0 amide bonds. The molecule has 1 atom stereocenters. The Balaban J connectivity index is 2.00. The van der Waals surface area contributed by atoms with Gasteiger partial charge in [0, 0.05) is 5.39 Å². The lowest BCUT2D eigenvalue weighted by Crippen LogP contribution is -2.26. The average Bonchev–Trinajstić information content (AvgIpc) is 2.50. The summed E-state index contributed by atoms with van der Waals surface area (Å²) in [4.78, 5) is 12.3. The molecular weight excluding hydrogens is 290 g/mol. The van der Waals surface area contributed by atoms with Crippen LogP contribution in [0.2, 0.25) is 0 Å². The molecule has 0 aliphatic heterocycles. The zero-order valence-electron chi connectivity index (χ0n) is 11.4. The highest BCUT2D eigenvalue weighted by molar-refractivity contribution is 5.80. The highest BCUT2D eigenvalue weighted by Gasteiger charge is 2.19. The molecule has 1 unspecified atom stereocenters. The van der Waals surface area contributed by atoms with Crippen LogP contribution in [0.1, 0.15) is 11.7 Å².